The van der Waals surface area contributed by atoms with Crippen LogP contribution in [0.4, 0.5) is 5.69 Å². The predicted octanol–water partition coefficient (Wildman–Crippen LogP) is 4.79. The number of hydrogen-bond acceptors (Lipinski definition) is 6. The van der Waals surface area contributed by atoms with Crippen LogP contribution in [0.15, 0.2) is 59.4 Å². The molecular formula is C21H13N4O3S+. The first-order chi connectivity index (χ1) is 14.1. The minimum Gasteiger partial charge on any atom is -0.500 e. The molecule has 1 N–H and O–H groups in total. The Labute approximate surface area is 168 Å². The number of pyridine rings is 1. The highest BCUT2D eigenvalue weighted by atomic mass is 32.1. The molecule has 0 saturated heterocycles. The molecule has 0 atom stereocenters. The van der Waals surface area contributed by atoms with E-state index in [0.29, 0.717) is 27.2 Å². The molecule has 0 aliphatic heterocycles. The number of nitrogens with zero attached hydrogens (tertiary/aromatic N) is 4. The molecule has 0 bridgehead atoms. The Hall–Kier alpha value is -4.14. The minimum atomic E-state index is -0.665. The number of thiophene rings is 1. The van der Waals surface area contributed by atoms with E-state index in [2.05, 4.69) is 4.98 Å². The second kappa shape index (κ2) is 7.12. The SMILES string of the molecule is COc1ccc(-c2cc3c(s2)c(O)c([N+]#N)c(=O)n3-c2ccc(C#N)cc2)cc1. The average molecular weight is 401 g/mol. The van der Waals surface area contributed by atoms with Gasteiger partial charge in [0.2, 0.25) is 11.1 Å². The van der Waals surface area contributed by atoms with Crippen molar-refractivity contribution in [2.24, 2.45) is 0 Å². The molecular weight excluding hydrogens is 388 g/mol. The minimum absolute atomic E-state index is 0.373. The zero-order valence-electron chi connectivity index (χ0n) is 15.2. The van der Waals surface area contributed by atoms with Crippen LogP contribution in [0.25, 0.3) is 31.3 Å². The quantitative estimate of drug-likeness (QED) is 0.497. The van der Waals surface area contributed by atoms with E-state index in [0.717, 1.165) is 10.4 Å². The Morgan fingerprint density at radius 2 is 1.83 bits per heavy atom. The molecule has 0 unspecified atom stereocenters. The maximum absolute atomic E-state index is 12.9. The molecule has 2 aromatic carbocycles. The number of hydrogen-bond donors (Lipinski definition) is 1. The lowest BCUT2D eigenvalue weighted by atomic mass is 10.1. The van der Waals surface area contributed by atoms with Crippen molar-refractivity contribution in [3.05, 3.63) is 75.5 Å². The van der Waals surface area contributed by atoms with E-state index >= 15 is 0 Å². The standard InChI is InChI=1S/C21H12N4O3S/c1-28-15-8-4-13(5-9-15)17-10-16-20(29-17)19(26)18(24-23)21(27)25(16)14-6-2-12(11-22)3-7-14/h2-10H,1H3/p+1. The monoisotopic (exact) mass is 401 g/mol. The maximum Gasteiger partial charge on any atom is 0.492 e. The highest BCUT2D eigenvalue weighted by molar-refractivity contribution is 7.22. The van der Waals surface area contributed by atoms with Gasteiger partial charge >= 0.3 is 11.2 Å². The molecule has 0 fully saturated rings. The van der Waals surface area contributed by atoms with Crippen molar-refractivity contribution < 1.29 is 9.84 Å². The zero-order valence-corrected chi connectivity index (χ0v) is 16.0. The molecule has 0 aliphatic rings. The fourth-order valence-corrected chi connectivity index (χ4v) is 4.16. The van der Waals surface area contributed by atoms with Crippen LogP contribution in [0.3, 0.4) is 0 Å². The molecule has 140 valence electrons. The summed E-state index contributed by atoms with van der Waals surface area (Å²) >= 11 is 1.27. The highest BCUT2D eigenvalue weighted by Gasteiger charge is 2.28. The number of fused-ring (bicyclic) bond motifs is 1. The van der Waals surface area contributed by atoms with E-state index in [1.54, 1.807) is 37.4 Å². The maximum atomic E-state index is 12.9. The fourth-order valence-electron chi connectivity index (χ4n) is 3.07. The summed E-state index contributed by atoms with van der Waals surface area (Å²) in [7, 11) is 1.59. The van der Waals surface area contributed by atoms with Gasteiger partial charge in [0, 0.05) is 10.6 Å². The Bertz CT molecular complexity index is 1370. The average Bonchev–Trinajstić information content (AvgIpc) is 3.20. The van der Waals surface area contributed by atoms with Gasteiger partial charge in [-0.05, 0) is 60.2 Å². The van der Waals surface area contributed by atoms with Crippen LogP contribution in [0, 0.1) is 16.7 Å². The number of ether oxygens (including phenoxy) is 1. The number of benzene rings is 2. The third-order valence-corrected chi connectivity index (χ3v) is 5.71. The van der Waals surface area contributed by atoms with Gasteiger partial charge in [-0.15, -0.1) is 11.3 Å². The van der Waals surface area contributed by atoms with Crippen LogP contribution in [-0.2, 0) is 0 Å². The third kappa shape index (κ3) is 2.98. The smallest absolute Gasteiger partial charge is 0.492 e. The van der Waals surface area contributed by atoms with Crippen LogP contribution in [-0.4, -0.2) is 16.8 Å². The van der Waals surface area contributed by atoms with Crippen LogP contribution in [0.2, 0.25) is 0 Å². The van der Waals surface area contributed by atoms with Gasteiger partial charge in [0.25, 0.3) is 0 Å². The molecule has 8 heteroatoms. The Kier molecular flexibility index (Phi) is 4.47. The summed E-state index contributed by atoms with van der Waals surface area (Å²) in [6.45, 7) is 0. The van der Waals surface area contributed by atoms with E-state index < -0.39 is 11.2 Å². The molecule has 4 rings (SSSR count). The van der Waals surface area contributed by atoms with Crippen LogP contribution in [0.5, 0.6) is 11.5 Å². The Morgan fingerprint density at radius 1 is 1.14 bits per heavy atom. The molecule has 7 nitrogen and oxygen atoms in total. The lowest BCUT2D eigenvalue weighted by molar-refractivity contribution is 0.415. The van der Waals surface area contributed by atoms with E-state index in [1.165, 1.54) is 15.9 Å². The molecule has 0 amide bonds. The van der Waals surface area contributed by atoms with Crippen molar-refractivity contribution in [3.63, 3.8) is 0 Å². The number of aromatic nitrogens is 1. The highest BCUT2D eigenvalue weighted by Crippen LogP contribution is 2.42. The van der Waals surface area contributed by atoms with Gasteiger partial charge < -0.3 is 9.84 Å². The lowest BCUT2D eigenvalue weighted by Crippen LogP contribution is -2.17. The van der Waals surface area contributed by atoms with Gasteiger partial charge in [-0.2, -0.15) is 5.26 Å². The van der Waals surface area contributed by atoms with Crippen molar-refractivity contribution >= 4 is 27.2 Å². The molecule has 0 aliphatic carbocycles. The van der Waals surface area contributed by atoms with E-state index in [1.807, 2.05) is 30.3 Å². The Morgan fingerprint density at radius 3 is 2.41 bits per heavy atom. The van der Waals surface area contributed by atoms with E-state index in [4.69, 9.17) is 10.00 Å². The Balaban J connectivity index is 2.01. The largest absolute Gasteiger partial charge is 0.500 e. The summed E-state index contributed by atoms with van der Waals surface area (Å²) in [5.41, 5.74) is 1.19. The molecule has 2 heterocycles. The van der Waals surface area contributed by atoms with Crippen molar-refractivity contribution in [3.8, 4) is 33.7 Å². The van der Waals surface area contributed by atoms with Gasteiger partial charge in [0.05, 0.1) is 24.3 Å². The van der Waals surface area contributed by atoms with Crippen molar-refractivity contribution in [2.75, 3.05) is 7.11 Å². The molecule has 2 aromatic heterocycles. The summed E-state index contributed by atoms with van der Waals surface area (Å²) in [6, 6.07) is 17.7. The topological polar surface area (TPSA) is 103 Å². The molecule has 4 aromatic rings. The summed E-state index contributed by atoms with van der Waals surface area (Å²) < 4.78 is 6.95. The van der Waals surface area contributed by atoms with Gasteiger partial charge in [0.1, 0.15) is 10.4 Å². The second-order valence-corrected chi connectivity index (χ2v) is 7.20. The molecule has 0 radical (unpaired) electrons. The first kappa shape index (κ1) is 18.2. The third-order valence-electron chi connectivity index (χ3n) is 4.53. The van der Waals surface area contributed by atoms with Crippen LogP contribution < -0.4 is 10.3 Å². The van der Waals surface area contributed by atoms with Gasteiger partial charge in [-0.3, -0.25) is 9.36 Å². The second-order valence-electron chi connectivity index (χ2n) is 6.15. The van der Waals surface area contributed by atoms with Crippen LogP contribution >= 0.6 is 11.3 Å². The first-order valence-electron chi connectivity index (χ1n) is 8.49. The van der Waals surface area contributed by atoms with Crippen molar-refractivity contribution in [2.45, 2.75) is 0 Å². The zero-order chi connectivity index (χ0) is 20.5. The van der Waals surface area contributed by atoms with Crippen molar-refractivity contribution in [1.29, 1.82) is 10.7 Å². The van der Waals surface area contributed by atoms with E-state index in [-0.39, 0.29) is 5.75 Å². The molecule has 29 heavy (non-hydrogen) atoms. The summed E-state index contributed by atoms with van der Waals surface area (Å²) in [4.78, 5) is 16.7. The van der Waals surface area contributed by atoms with Gasteiger partial charge in [-0.1, -0.05) is 0 Å². The number of methoxy groups -OCH3 is 1. The summed E-state index contributed by atoms with van der Waals surface area (Å²) in [5, 5.41) is 28.8. The van der Waals surface area contributed by atoms with Crippen LogP contribution in [0.1, 0.15) is 5.56 Å². The van der Waals surface area contributed by atoms with Crippen molar-refractivity contribution in [1.82, 2.24) is 4.57 Å². The molecule has 0 spiro atoms. The summed E-state index contributed by atoms with van der Waals surface area (Å²) in [5.74, 6) is 0.343. The fraction of sp³-hybridized carbons (Fsp3) is 0.0476. The lowest BCUT2D eigenvalue weighted by Gasteiger charge is -2.07. The normalized spacial score (nSPS) is 10.4. The van der Waals surface area contributed by atoms with Gasteiger partial charge in [0.15, 0.2) is 4.98 Å². The number of aromatic hydroxyl groups is 1. The number of diazo groups is 1. The predicted molar refractivity (Wildman–Crippen MR) is 111 cm³/mol. The summed E-state index contributed by atoms with van der Waals surface area (Å²) in [6.07, 6.45) is 0. The number of nitriles is 1. The van der Waals surface area contributed by atoms with Gasteiger partial charge in [-0.25, -0.2) is 0 Å². The molecule has 0 saturated carbocycles. The first-order valence-corrected chi connectivity index (χ1v) is 9.30. The number of rotatable bonds is 3. The van der Waals surface area contributed by atoms with E-state index in [9.17, 15) is 15.3 Å².